The molecule has 0 aliphatic carbocycles. The molecular formula is C16H13KN2O3-. The molecule has 0 spiro atoms. The van der Waals surface area contributed by atoms with Gasteiger partial charge in [-0.25, -0.2) is 4.98 Å². The quantitative estimate of drug-likeness (QED) is 0.657. The van der Waals surface area contributed by atoms with Crippen LogP contribution in [0.25, 0.3) is 11.0 Å². The van der Waals surface area contributed by atoms with E-state index in [9.17, 15) is 9.90 Å². The van der Waals surface area contributed by atoms with E-state index < -0.39 is 5.97 Å². The Morgan fingerprint density at radius 1 is 1.09 bits per heavy atom. The van der Waals surface area contributed by atoms with E-state index in [4.69, 9.17) is 4.74 Å². The molecule has 1 radical (unpaired) electrons. The predicted octanol–water partition coefficient (Wildman–Crippen LogP) is 0.984. The van der Waals surface area contributed by atoms with E-state index in [0.29, 0.717) is 11.6 Å². The summed E-state index contributed by atoms with van der Waals surface area (Å²) in [5.74, 6) is 0.118. The number of para-hydroxylation sites is 3. The van der Waals surface area contributed by atoms with Gasteiger partial charge in [-0.1, -0.05) is 30.3 Å². The molecule has 3 rings (SSSR count). The predicted molar refractivity (Wildman–Crippen MR) is 81.3 cm³/mol. The monoisotopic (exact) mass is 320 g/mol. The second-order valence-electron chi connectivity index (χ2n) is 4.58. The maximum Gasteiger partial charge on any atom is 0.148 e. The molecule has 0 bridgehead atoms. The molecule has 6 heteroatoms. The Kier molecular flexibility index (Phi) is 6.16. The fourth-order valence-electron chi connectivity index (χ4n) is 2.21. The number of carbonyl (C=O) groups is 1. The van der Waals surface area contributed by atoms with Crippen LogP contribution < -0.4 is 9.84 Å². The third-order valence-corrected chi connectivity index (χ3v) is 3.13. The average Bonchev–Trinajstić information content (AvgIpc) is 2.84. The fraction of sp³-hybridized carbons (Fsp3) is 0.125. The van der Waals surface area contributed by atoms with Crippen LogP contribution >= 0.6 is 0 Å². The molecule has 0 fully saturated rings. The number of imidazole rings is 1. The van der Waals surface area contributed by atoms with Crippen molar-refractivity contribution in [3.63, 3.8) is 0 Å². The molecule has 107 valence electrons. The molecule has 0 atom stereocenters. The smallest absolute Gasteiger partial charge is 0.148 e. The van der Waals surface area contributed by atoms with Gasteiger partial charge in [-0.05, 0) is 24.3 Å². The number of hydrogen-bond acceptors (Lipinski definition) is 4. The van der Waals surface area contributed by atoms with Crippen LogP contribution in [0.15, 0.2) is 54.6 Å². The molecule has 1 aromatic heterocycles. The molecule has 22 heavy (non-hydrogen) atoms. The van der Waals surface area contributed by atoms with Gasteiger partial charge in [0.25, 0.3) is 0 Å². The Morgan fingerprint density at radius 3 is 2.50 bits per heavy atom. The van der Waals surface area contributed by atoms with Crippen molar-refractivity contribution in [2.45, 2.75) is 13.2 Å². The topological polar surface area (TPSA) is 67.2 Å². The van der Waals surface area contributed by atoms with Gasteiger partial charge < -0.3 is 19.2 Å². The second kappa shape index (κ2) is 7.89. The molecule has 0 N–H and O–H groups in total. The van der Waals surface area contributed by atoms with E-state index in [1.807, 2.05) is 54.6 Å². The summed E-state index contributed by atoms with van der Waals surface area (Å²) in [6.07, 6.45) is 0. The normalized spacial score (nSPS) is 10.2. The van der Waals surface area contributed by atoms with Crippen LogP contribution in [0.4, 0.5) is 0 Å². The van der Waals surface area contributed by atoms with Crippen LogP contribution in [0, 0.1) is 0 Å². The number of carbonyl (C=O) groups excluding carboxylic acids is 1. The number of aromatic nitrogens is 2. The Balaban J connectivity index is 0.00000176. The zero-order valence-corrected chi connectivity index (χ0v) is 15.4. The third kappa shape index (κ3) is 3.96. The molecule has 0 saturated heterocycles. The average molecular weight is 320 g/mol. The summed E-state index contributed by atoms with van der Waals surface area (Å²) in [6.45, 7) is -0.0417. The van der Waals surface area contributed by atoms with E-state index >= 15 is 0 Å². The number of fused-ring (bicyclic) bond motifs is 1. The van der Waals surface area contributed by atoms with Crippen LogP contribution in [-0.4, -0.2) is 66.9 Å². The number of hydrogen-bond donors (Lipinski definition) is 0. The zero-order valence-electron chi connectivity index (χ0n) is 12.2. The number of rotatable bonds is 5. The zero-order chi connectivity index (χ0) is 14.7. The second-order valence-corrected chi connectivity index (χ2v) is 4.58. The van der Waals surface area contributed by atoms with Gasteiger partial charge in [0, 0.05) is 51.4 Å². The number of benzene rings is 2. The third-order valence-electron chi connectivity index (χ3n) is 3.13. The van der Waals surface area contributed by atoms with Gasteiger partial charge in [0.15, 0.2) is 0 Å². The summed E-state index contributed by atoms with van der Waals surface area (Å²) in [4.78, 5) is 15.4. The van der Waals surface area contributed by atoms with Gasteiger partial charge in [0.1, 0.15) is 18.2 Å². The van der Waals surface area contributed by atoms with E-state index in [-0.39, 0.29) is 64.5 Å². The SMILES string of the molecule is O=C([O-])Cn1c(COc2ccccc2)nc2ccccc21.[K]. The molecule has 0 amide bonds. The fourth-order valence-corrected chi connectivity index (χ4v) is 2.21. The minimum absolute atomic E-state index is 0. The van der Waals surface area contributed by atoms with E-state index in [0.717, 1.165) is 11.0 Å². The molecule has 0 saturated carbocycles. The van der Waals surface area contributed by atoms with Crippen molar-refractivity contribution < 1.29 is 14.6 Å². The van der Waals surface area contributed by atoms with Crippen molar-refractivity contribution in [3.05, 3.63) is 60.4 Å². The largest absolute Gasteiger partial charge is 0.548 e. The number of nitrogens with zero attached hydrogens (tertiary/aromatic N) is 2. The Bertz CT molecular complexity index is 771. The number of aliphatic carboxylic acids is 1. The standard InChI is InChI=1S/C16H14N2O3.K/c19-16(20)10-18-14-9-5-4-8-13(14)17-15(18)11-21-12-6-2-1-3-7-12;/h1-9H,10-11H2,(H,19,20);/p-1. The minimum Gasteiger partial charge on any atom is -0.548 e. The van der Waals surface area contributed by atoms with Crippen molar-refractivity contribution in [1.29, 1.82) is 0 Å². The first-order valence-electron chi connectivity index (χ1n) is 6.56. The van der Waals surface area contributed by atoms with Crippen molar-refractivity contribution in [1.82, 2.24) is 9.55 Å². The summed E-state index contributed by atoms with van der Waals surface area (Å²) in [6, 6.07) is 16.7. The summed E-state index contributed by atoms with van der Waals surface area (Å²) in [7, 11) is 0. The van der Waals surface area contributed by atoms with Crippen molar-refractivity contribution >= 4 is 68.4 Å². The van der Waals surface area contributed by atoms with E-state index in [1.165, 1.54) is 0 Å². The molecular weight excluding hydrogens is 307 g/mol. The van der Waals surface area contributed by atoms with Gasteiger partial charge >= 0.3 is 0 Å². The summed E-state index contributed by atoms with van der Waals surface area (Å²) in [5, 5.41) is 10.9. The van der Waals surface area contributed by atoms with Gasteiger partial charge in [-0.2, -0.15) is 0 Å². The van der Waals surface area contributed by atoms with Crippen LogP contribution in [0.1, 0.15) is 5.82 Å². The maximum atomic E-state index is 10.9. The van der Waals surface area contributed by atoms with Gasteiger partial charge in [-0.15, -0.1) is 0 Å². The Morgan fingerprint density at radius 2 is 1.77 bits per heavy atom. The number of carboxylic acid groups (broad SMARTS) is 1. The molecule has 0 unspecified atom stereocenters. The van der Waals surface area contributed by atoms with Gasteiger partial charge in [0.05, 0.1) is 23.5 Å². The van der Waals surface area contributed by atoms with Gasteiger partial charge in [0.2, 0.25) is 0 Å². The number of carboxylic acids is 1. The Labute approximate surface area is 170 Å². The van der Waals surface area contributed by atoms with E-state index in [2.05, 4.69) is 4.98 Å². The van der Waals surface area contributed by atoms with Crippen LogP contribution in [0.5, 0.6) is 5.75 Å². The van der Waals surface area contributed by atoms with Crippen LogP contribution in [0.3, 0.4) is 0 Å². The summed E-state index contributed by atoms with van der Waals surface area (Å²) >= 11 is 0. The molecule has 5 nitrogen and oxygen atoms in total. The van der Waals surface area contributed by atoms with Crippen molar-refractivity contribution in [2.75, 3.05) is 0 Å². The first kappa shape index (κ1) is 17.2. The molecule has 3 aromatic rings. The first-order chi connectivity index (χ1) is 10.2. The summed E-state index contributed by atoms with van der Waals surface area (Å²) < 4.78 is 7.25. The van der Waals surface area contributed by atoms with Crippen LogP contribution in [-0.2, 0) is 17.9 Å². The molecule has 2 aromatic carbocycles. The van der Waals surface area contributed by atoms with Gasteiger partial charge in [-0.3, -0.25) is 0 Å². The maximum absolute atomic E-state index is 10.9. The molecule has 1 heterocycles. The van der Waals surface area contributed by atoms with Crippen molar-refractivity contribution in [2.24, 2.45) is 0 Å². The van der Waals surface area contributed by atoms with E-state index in [1.54, 1.807) is 4.57 Å². The molecule has 0 aliphatic rings. The van der Waals surface area contributed by atoms with Crippen LogP contribution in [0.2, 0.25) is 0 Å². The molecule has 0 aliphatic heterocycles. The van der Waals surface area contributed by atoms with Crippen molar-refractivity contribution in [3.8, 4) is 5.75 Å². The Hall–Kier alpha value is -1.18. The minimum atomic E-state index is -1.15. The first-order valence-corrected chi connectivity index (χ1v) is 6.56. The number of ether oxygens (including phenoxy) is 1. The summed E-state index contributed by atoms with van der Waals surface area (Å²) in [5.41, 5.74) is 1.50.